The van der Waals surface area contributed by atoms with Crippen LogP contribution in [-0.2, 0) is 6.54 Å². The molecule has 144 valence electrons. The van der Waals surface area contributed by atoms with Crippen LogP contribution in [0.5, 0.6) is 0 Å². The third-order valence-corrected chi connectivity index (χ3v) is 4.93. The van der Waals surface area contributed by atoms with E-state index in [0.29, 0.717) is 17.4 Å². The Labute approximate surface area is 166 Å². The van der Waals surface area contributed by atoms with Crippen LogP contribution in [0.2, 0.25) is 0 Å². The monoisotopic (exact) mass is 384 g/mol. The van der Waals surface area contributed by atoms with E-state index in [4.69, 9.17) is 0 Å². The molecule has 0 heterocycles. The lowest BCUT2D eigenvalue weighted by molar-refractivity contribution is 0.0963. The zero-order valence-electron chi connectivity index (χ0n) is 16.2. The van der Waals surface area contributed by atoms with Crippen molar-refractivity contribution in [2.45, 2.75) is 30.5 Å². The molecule has 2 aromatic rings. The maximum atomic E-state index is 11.8. The second kappa shape index (κ2) is 11.3. The molecule has 27 heavy (non-hydrogen) atoms. The summed E-state index contributed by atoms with van der Waals surface area (Å²) in [6, 6.07) is 17.9. The van der Waals surface area contributed by atoms with Gasteiger partial charge in [0.1, 0.15) is 0 Å². The molecule has 2 aromatic carbocycles. The van der Waals surface area contributed by atoms with E-state index in [1.807, 2.05) is 43.0 Å². The summed E-state index contributed by atoms with van der Waals surface area (Å²) >= 11 is 1.84. The minimum atomic E-state index is -0.0855. The molecule has 0 aliphatic rings. The predicted molar refractivity (Wildman–Crippen MR) is 114 cm³/mol. The van der Waals surface area contributed by atoms with Gasteiger partial charge in [-0.3, -0.25) is 4.79 Å². The molecule has 1 atom stereocenters. The van der Waals surface area contributed by atoms with Crippen LogP contribution >= 0.6 is 11.8 Å². The van der Waals surface area contributed by atoms with Gasteiger partial charge in [-0.15, -0.1) is 11.8 Å². The Hall–Kier alpha value is -2.47. The van der Waals surface area contributed by atoms with E-state index in [9.17, 15) is 4.79 Å². The van der Waals surface area contributed by atoms with Crippen LogP contribution in [0.3, 0.4) is 0 Å². The zero-order valence-corrected chi connectivity index (χ0v) is 17.0. The highest BCUT2D eigenvalue weighted by molar-refractivity contribution is 8.00. The molecule has 0 radical (unpaired) electrons. The number of hydrogen-bond donors (Lipinski definition) is 3. The first-order valence-electron chi connectivity index (χ1n) is 9.17. The van der Waals surface area contributed by atoms with Crippen LogP contribution in [0.15, 0.2) is 64.5 Å². The third-order valence-electron chi connectivity index (χ3n) is 3.82. The molecule has 0 aliphatic heterocycles. The lowest BCUT2D eigenvalue weighted by Gasteiger charge is -2.16. The first kappa shape index (κ1) is 20.8. The number of guanidine groups is 1. The number of nitrogens with one attached hydrogen (secondary N) is 3. The average molecular weight is 385 g/mol. The summed E-state index contributed by atoms with van der Waals surface area (Å²) < 4.78 is 0. The molecular formula is C21H28N4OS. The Kier molecular flexibility index (Phi) is 8.71. The fourth-order valence-electron chi connectivity index (χ4n) is 2.48. The van der Waals surface area contributed by atoms with Crippen molar-refractivity contribution < 1.29 is 4.79 Å². The van der Waals surface area contributed by atoms with Crippen molar-refractivity contribution >= 4 is 23.6 Å². The van der Waals surface area contributed by atoms with Crippen molar-refractivity contribution in [3.05, 3.63) is 65.7 Å². The van der Waals surface area contributed by atoms with Gasteiger partial charge < -0.3 is 16.0 Å². The summed E-state index contributed by atoms with van der Waals surface area (Å²) in [6.07, 6.45) is 0. The maximum absolute atomic E-state index is 11.8. The smallest absolute Gasteiger partial charge is 0.251 e. The molecule has 6 heteroatoms. The molecule has 0 aliphatic carbocycles. The zero-order chi connectivity index (χ0) is 19.5. The molecule has 1 amide bonds. The Morgan fingerprint density at radius 1 is 1.11 bits per heavy atom. The van der Waals surface area contributed by atoms with Crippen LogP contribution in [-0.4, -0.2) is 37.3 Å². The van der Waals surface area contributed by atoms with Crippen LogP contribution in [0.25, 0.3) is 0 Å². The summed E-state index contributed by atoms with van der Waals surface area (Å²) in [5, 5.41) is 9.72. The summed E-state index contributed by atoms with van der Waals surface area (Å²) in [6.45, 7) is 6.36. The van der Waals surface area contributed by atoms with Gasteiger partial charge in [0, 0.05) is 35.8 Å². The molecule has 5 nitrogen and oxygen atoms in total. The quantitative estimate of drug-likeness (QED) is 0.371. The highest BCUT2D eigenvalue weighted by Crippen LogP contribution is 2.21. The highest BCUT2D eigenvalue weighted by atomic mass is 32.2. The summed E-state index contributed by atoms with van der Waals surface area (Å²) in [5.41, 5.74) is 1.65. The van der Waals surface area contributed by atoms with Gasteiger partial charge in [0.25, 0.3) is 5.91 Å². The predicted octanol–water partition coefficient (Wildman–Crippen LogP) is 3.28. The second-order valence-corrected chi connectivity index (χ2v) is 7.61. The van der Waals surface area contributed by atoms with E-state index in [2.05, 4.69) is 52.1 Å². The van der Waals surface area contributed by atoms with Crippen molar-refractivity contribution in [1.82, 2.24) is 16.0 Å². The molecule has 0 fully saturated rings. The molecule has 0 spiro atoms. The topological polar surface area (TPSA) is 65.5 Å². The third kappa shape index (κ3) is 7.35. The molecule has 0 saturated heterocycles. The molecule has 0 saturated carbocycles. The molecule has 0 bridgehead atoms. The molecule has 1 unspecified atom stereocenters. The van der Waals surface area contributed by atoms with E-state index in [1.165, 1.54) is 4.90 Å². The van der Waals surface area contributed by atoms with E-state index < -0.39 is 0 Å². The number of hydrogen-bond acceptors (Lipinski definition) is 3. The van der Waals surface area contributed by atoms with E-state index in [-0.39, 0.29) is 5.91 Å². The largest absolute Gasteiger partial charge is 0.357 e. The Bertz CT molecular complexity index is 749. The number of thioether (sulfide) groups is 1. The van der Waals surface area contributed by atoms with Gasteiger partial charge in [-0.05, 0) is 36.8 Å². The van der Waals surface area contributed by atoms with Gasteiger partial charge >= 0.3 is 0 Å². The van der Waals surface area contributed by atoms with Crippen molar-refractivity contribution in [2.24, 2.45) is 4.99 Å². The first-order chi connectivity index (χ1) is 13.1. The van der Waals surface area contributed by atoms with Crippen molar-refractivity contribution in [1.29, 1.82) is 0 Å². The van der Waals surface area contributed by atoms with Crippen molar-refractivity contribution in [3.8, 4) is 0 Å². The Morgan fingerprint density at radius 2 is 1.89 bits per heavy atom. The van der Waals surface area contributed by atoms with Crippen LogP contribution < -0.4 is 16.0 Å². The van der Waals surface area contributed by atoms with Crippen LogP contribution in [0, 0.1) is 0 Å². The summed E-state index contributed by atoms with van der Waals surface area (Å²) in [5.74, 6) is 0.695. The summed E-state index contributed by atoms with van der Waals surface area (Å²) in [7, 11) is 1.63. The van der Waals surface area contributed by atoms with E-state index >= 15 is 0 Å². The van der Waals surface area contributed by atoms with Crippen LogP contribution in [0.1, 0.15) is 29.8 Å². The number of aliphatic imine (C=N–C) groups is 1. The number of carbonyl (C=O) groups is 1. The van der Waals surface area contributed by atoms with Gasteiger partial charge in [0.15, 0.2) is 5.96 Å². The number of amides is 1. The van der Waals surface area contributed by atoms with Crippen LogP contribution in [0.4, 0.5) is 0 Å². The maximum Gasteiger partial charge on any atom is 0.251 e. The summed E-state index contributed by atoms with van der Waals surface area (Å²) in [4.78, 5) is 17.7. The highest BCUT2D eigenvalue weighted by Gasteiger charge is 2.07. The second-order valence-electron chi connectivity index (χ2n) is 6.10. The van der Waals surface area contributed by atoms with Gasteiger partial charge in [0.2, 0.25) is 0 Å². The first-order valence-corrected chi connectivity index (χ1v) is 10.0. The molecular weight excluding hydrogens is 356 g/mol. The number of nitrogens with zero attached hydrogens (tertiary/aromatic N) is 1. The van der Waals surface area contributed by atoms with E-state index in [0.717, 1.165) is 24.6 Å². The lowest BCUT2D eigenvalue weighted by Crippen LogP contribution is -2.40. The fourth-order valence-corrected chi connectivity index (χ4v) is 3.43. The number of benzene rings is 2. The number of carbonyl (C=O) groups excluding carboxylic acids is 1. The number of rotatable bonds is 8. The minimum absolute atomic E-state index is 0.0855. The standard InChI is InChI=1S/C21H28N4OS/c1-4-23-21(24-14-16(2)27-19-11-6-5-7-12-19)25-15-17-9-8-10-18(13-17)20(26)22-3/h5-13,16H,4,14-15H2,1-3H3,(H,22,26)(H2,23,24,25). The SMILES string of the molecule is CCNC(=NCc1cccc(C(=O)NC)c1)NCC(C)Sc1ccccc1. The molecule has 3 N–H and O–H groups in total. The van der Waals surface area contributed by atoms with Crippen molar-refractivity contribution in [3.63, 3.8) is 0 Å². The Morgan fingerprint density at radius 3 is 2.59 bits per heavy atom. The van der Waals surface area contributed by atoms with E-state index in [1.54, 1.807) is 13.1 Å². The average Bonchev–Trinajstić information content (AvgIpc) is 2.70. The normalized spacial score (nSPS) is 12.3. The van der Waals surface area contributed by atoms with Gasteiger partial charge in [-0.2, -0.15) is 0 Å². The lowest BCUT2D eigenvalue weighted by atomic mass is 10.1. The molecule has 2 rings (SSSR count). The fraction of sp³-hybridized carbons (Fsp3) is 0.333. The van der Waals surface area contributed by atoms with Gasteiger partial charge in [-0.25, -0.2) is 4.99 Å². The Balaban J connectivity index is 1.92. The molecule has 0 aromatic heterocycles. The van der Waals surface area contributed by atoms with Gasteiger partial charge in [0.05, 0.1) is 6.54 Å². The van der Waals surface area contributed by atoms with Crippen molar-refractivity contribution in [2.75, 3.05) is 20.1 Å². The van der Waals surface area contributed by atoms with Gasteiger partial charge in [-0.1, -0.05) is 37.3 Å². The minimum Gasteiger partial charge on any atom is -0.357 e.